The molecule has 0 amide bonds. The molecular weight excluding hydrogens is 457 g/mol. The van der Waals surface area contributed by atoms with Crippen LogP contribution in [0.5, 0.6) is 11.5 Å². The van der Waals surface area contributed by atoms with Crippen LogP contribution in [0.3, 0.4) is 0 Å². The van der Waals surface area contributed by atoms with E-state index in [2.05, 4.69) is 33.8 Å². The summed E-state index contributed by atoms with van der Waals surface area (Å²) >= 11 is 0. The number of methoxy groups -OCH3 is 1. The van der Waals surface area contributed by atoms with Crippen LogP contribution in [0.25, 0.3) is 0 Å². The molecule has 1 heterocycles. The van der Waals surface area contributed by atoms with Crippen LogP contribution in [0.15, 0.2) is 47.5 Å². The Kier molecular flexibility index (Phi) is 8.66. The van der Waals surface area contributed by atoms with Crippen molar-refractivity contribution in [2.45, 2.75) is 19.6 Å². The topological polar surface area (TPSA) is 64.1 Å². The quantitative estimate of drug-likeness (QED) is 0.385. The Morgan fingerprint density at radius 2 is 1.85 bits per heavy atom. The minimum Gasteiger partial charge on any atom is -0.490 e. The molecule has 0 aliphatic carbocycles. The fourth-order valence-corrected chi connectivity index (χ4v) is 2.74. The molecule has 0 atom stereocenters. The van der Waals surface area contributed by atoms with Crippen molar-refractivity contribution in [3.8, 4) is 11.5 Å². The van der Waals surface area contributed by atoms with Crippen LogP contribution < -0.4 is 20.1 Å². The van der Waals surface area contributed by atoms with E-state index < -0.39 is 0 Å². The summed E-state index contributed by atoms with van der Waals surface area (Å²) in [7, 11) is 3.45. The summed E-state index contributed by atoms with van der Waals surface area (Å²) in [6.07, 6.45) is 0.892. The van der Waals surface area contributed by atoms with Crippen molar-refractivity contribution >= 4 is 35.6 Å². The number of nitrogens with one attached hydrogen (secondary N) is 2. The number of guanidine groups is 1. The highest BCUT2D eigenvalue weighted by Crippen LogP contribution is 2.32. The molecule has 7 heteroatoms. The van der Waals surface area contributed by atoms with Crippen molar-refractivity contribution in [3.63, 3.8) is 0 Å². The summed E-state index contributed by atoms with van der Waals surface area (Å²) in [6, 6.07) is 14.1. The Labute approximate surface area is 177 Å². The van der Waals surface area contributed by atoms with Gasteiger partial charge in [-0.1, -0.05) is 24.3 Å². The zero-order valence-corrected chi connectivity index (χ0v) is 18.0. The maximum absolute atomic E-state index is 5.73. The van der Waals surface area contributed by atoms with E-state index in [4.69, 9.17) is 14.2 Å². The van der Waals surface area contributed by atoms with Gasteiger partial charge in [0.1, 0.15) is 0 Å². The first-order chi connectivity index (χ1) is 12.8. The summed E-state index contributed by atoms with van der Waals surface area (Å²) in [5.41, 5.74) is 3.22. The number of benzene rings is 2. The predicted octanol–water partition coefficient (Wildman–Crippen LogP) is 3.80. The SMILES string of the molecule is CN=C(NCc1cccc(COC)c1)Nc1ccc2c(c1)OCCCO2.I. The molecule has 0 saturated carbocycles. The molecule has 2 N–H and O–H groups in total. The molecular formula is C20H26IN3O3. The second kappa shape index (κ2) is 11.0. The summed E-state index contributed by atoms with van der Waals surface area (Å²) in [5.74, 6) is 2.23. The number of aliphatic imine (C=N–C) groups is 1. The fourth-order valence-electron chi connectivity index (χ4n) is 2.74. The minimum absolute atomic E-state index is 0. The van der Waals surface area contributed by atoms with Gasteiger partial charge in [-0.15, -0.1) is 24.0 Å². The van der Waals surface area contributed by atoms with Crippen molar-refractivity contribution in [1.29, 1.82) is 0 Å². The molecule has 0 spiro atoms. The van der Waals surface area contributed by atoms with Crippen LogP contribution in [0.4, 0.5) is 5.69 Å². The van der Waals surface area contributed by atoms with Gasteiger partial charge in [-0.3, -0.25) is 4.99 Å². The third kappa shape index (κ3) is 6.28. The van der Waals surface area contributed by atoms with Crippen LogP contribution >= 0.6 is 24.0 Å². The van der Waals surface area contributed by atoms with Gasteiger partial charge in [-0.05, 0) is 23.3 Å². The second-order valence-electron chi connectivity index (χ2n) is 6.02. The Balaban J connectivity index is 0.00000261. The molecule has 2 aromatic carbocycles. The van der Waals surface area contributed by atoms with Crippen molar-refractivity contribution < 1.29 is 14.2 Å². The van der Waals surface area contributed by atoms with Crippen LogP contribution in [-0.4, -0.2) is 33.3 Å². The maximum atomic E-state index is 5.73. The van der Waals surface area contributed by atoms with Gasteiger partial charge in [-0.2, -0.15) is 0 Å². The summed E-state index contributed by atoms with van der Waals surface area (Å²) in [4.78, 5) is 4.29. The third-order valence-corrected chi connectivity index (χ3v) is 4.00. The maximum Gasteiger partial charge on any atom is 0.195 e. The highest BCUT2D eigenvalue weighted by Gasteiger charge is 2.11. The highest BCUT2D eigenvalue weighted by molar-refractivity contribution is 14.0. The van der Waals surface area contributed by atoms with Gasteiger partial charge < -0.3 is 24.8 Å². The molecule has 0 unspecified atom stereocenters. The lowest BCUT2D eigenvalue weighted by Crippen LogP contribution is -2.30. The fraction of sp³-hybridized carbons (Fsp3) is 0.350. The number of hydrogen-bond acceptors (Lipinski definition) is 4. The Hall–Kier alpha value is -2.00. The van der Waals surface area contributed by atoms with Crippen LogP contribution in [-0.2, 0) is 17.9 Å². The molecule has 0 aromatic heterocycles. The smallest absolute Gasteiger partial charge is 0.195 e. The van der Waals surface area contributed by atoms with Crippen LogP contribution in [0, 0.1) is 0 Å². The Morgan fingerprint density at radius 3 is 2.63 bits per heavy atom. The molecule has 2 aromatic rings. The number of anilines is 1. The van der Waals surface area contributed by atoms with Crippen molar-refractivity contribution in [2.24, 2.45) is 4.99 Å². The summed E-state index contributed by atoms with van der Waals surface area (Å²) in [6.45, 7) is 2.63. The normalized spacial score (nSPS) is 13.3. The molecule has 1 aliphatic heterocycles. The minimum atomic E-state index is 0. The summed E-state index contributed by atoms with van der Waals surface area (Å²) in [5, 5.41) is 6.61. The molecule has 0 saturated heterocycles. The molecule has 3 rings (SSSR count). The lowest BCUT2D eigenvalue weighted by Gasteiger charge is -2.14. The first-order valence-corrected chi connectivity index (χ1v) is 8.72. The number of ether oxygens (including phenoxy) is 3. The van der Waals surface area contributed by atoms with E-state index in [-0.39, 0.29) is 24.0 Å². The Morgan fingerprint density at radius 1 is 1.07 bits per heavy atom. The predicted molar refractivity (Wildman–Crippen MR) is 118 cm³/mol. The van der Waals surface area contributed by atoms with Gasteiger partial charge in [0, 0.05) is 38.9 Å². The zero-order valence-electron chi connectivity index (χ0n) is 15.7. The van der Waals surface area contributed by atoms with E-state index >= 15 is 0 Å². The molecule has 27 heavy (non-hydrogen) atoms. The van der Waals surface area contributed by atoms with Crippen molar-refractivity contribution in [1.82, 2.24) is 5.32 Å². The van der Waals surface area contributed by atoms with Crippen molar-refractivity contribution in [2.75, 3.05) is 32.7 Å². The van der Waals surface area contributed by atoms with E-state index in [9.17, 15) is 0 Å². The first-order valence-electron chi connectivity index (χ1n) is 8.72. The standard InChI is InChI=1S/C20H25N3O3.HI/c1-21-20(22-13-15-5-3-6-16(11-15)14-24-2)23-17-7-8-18-19(12-17)26-10-4-9-25-18;/h3,5-8,11-12H,4,9-10,13-14H2,1-2H3,(H2,21,22,23);1H. The number of hydrogen-bond donors (Lipinski definition) is 2. The molecule has 0 radical (unpaired) electrons. The average Bonchev–Trinajstić information content (AvgIpc) is 2.90. The molecule has 146 valence electrons. The third-order valence-electron chi connectivity index (χ3n) is 4.00. The first kappa shape index (κ1) is 21.3. The summed E-state index contributed by atoms with van der Waals surface area (Å²) < 4.78 is 16.6. The molecule has 6 nitrogen and oxygen atoms in total. The van der Waals surface area contributed by atoms with E-state index in [1.165, 1.54) is 5.56 Å². The number of halogens is 1. The molecule has 1 aliphatic rings. The molecule has 0 fully saturated rings. The second-order valence-corrected chi connectivity index (χ2v) is 6.02. The highest BCUT2D eigenvalue weighted by atomic mass is 127. The van der Waals surface area contributed by atoms with Crippen LogP contribution in [0.2, 0.25) is 0 Å². The number of fused-ring (bicyclic) bond motifs is 1. The largest absolute Gasteiger partial charge is 0.490 e. The lowest BCUT2D eigenvalue weighted by atomic mass is 10.1. The van der Waals surface area contributed by atoms with E-state index in [1.807, 2.05) is 24.3 Å². The van der Waals surface area contributed by atoms with Crippen molar-refractivity contribution in [3.05, 3.63) is 53.6 Å². The monoisotopic (exact) mass is 483 g/mol. The van der Waals surface area contributed by atoms with Gasteiger partial charge in [-0.25, -0.2) is 0 Å². The van der Waals surface area contributed by atoms with Crippen LogP contribution in [0.1, 0.15) is 17.5 Å². The van der Waals surface area contributed by atoms with Gasteiger partial charge in [0.15, 0.2) is 17.5 Å². The lowest BCUT2D eigenvalue weighted by molar-refractivity contribution is 0.185. The number of rotatable bonds is 5. The van der Waals surface area contributed by atoms with Gasteiger partial charge >= 0.3 is 0 Å². The van der Waals surface area contributed by atoms with E-state index in [1.54, 1.807) is 14.2 Å². The molecule has 0 bridgehead atoms. The van der Waals surface area contributed by atoms with E-state index in [0.717, 1.165) is 29.2 Å². The average molecular weight is 483 g/mol. The van der Waals surface area contributed by atoms with Gasteiger partial charge in [0.25, 0.3) is 0 Å². The zero-order chi connectivity index (χ0) is 18.2. The van der Waals surface area contributed by atoms with E-state index in [0.29, 0.717) is 32.3 Å². The van der Waals surface area contributed by atoms with Gasteiger partial charge in [0.2, 0.25) is 0 Å². The van der Waals surface area contributed by atoms with Gasteiger partial charge in [0.05, 0.1) is 19.8 Å². The Bertz CT molecular complexity index is 768. The number of nitrogens with zero attached hydrogens (tertiary/aromatic N) is 1.